The van der Waals surface area contributed by atoms with Crippen molar-refractivity contribution in [2.45, 2.75) is 58.2 Å². The van der Waals surface area contributed by atoms with Gasteiger partial charge in [0.05, 0.1) is 13.7 Å². The predicted molar refractivity (Wildman–Crippen MR) is 263 cm³/mol. The van der Waals surface area contributed by atoms with Crippen LogP contribution in [-0.2, 0) is 38.6 Å². The van der Waals surface area contributed by atoms with Crippen LogP contribution in [0, 0.1) is 0 Å². The van der Waals surface area contributed by atoms with Crippen LogP contribution in [0.2, 0.25) is 10.0 Å². The molecule has 5 aromatic rings. The molecule has 15 nitrogen and oxygen atoms in total. The van der Waals surface area contributed by atoms with Crippen molar-refractivity contribution in [2.75, 3.05) is 7.11 Å². The van der Waals surface area contributed by atoms with Crippen LogP contribution in [0.15, 0.2) is 132 Å². The number of ketones is 2. The summed E-state index contributed by atoms with van der Waals surface area (Å²) in [7, 11) is 1.58. The van der Waals surface area contributed by atoms with E-state index in [9.17, 15) is 19.2 Å². The van der Waals surface area contributed by atoms with Gasteiger partial charge in [0.1, 0.15) is 17.3 Å². The molecule has 12 N–H and O–H groups in total. The molecule has 19 heteroatoms. The van der Waals surface area contributed by atoms with Gasteiger partial charge in [0, 0.05) is 35.0 Å². The maximum Gasteiger partial charge on any atom is 0.289 e. The Morgan fingerprint density at radius 2 is 1.17 bits per heavy atom. The molecule has 0 heterocycles. The molecule has 1 amide bonds. The third-order valence-electron chi connectivity index (χ3n) is 8.98. The summed E-state index contributed by atoms with van der Waals surface area (Å²) in [6.07, 6.45) is 1.81. The Bertz CT molecular complexity index is 2370. The van der Waals surface area contributed by atoms with E-state index in [1.54, 1.807) is 26.2 Å². The van der Waals surface area contributed by atoms with Crippen LogP contribution in [0.4, 0.5) is 0 Å². The number of hydrazine groups is 2. The number of hydrogen-bond acceptors (Lipinski definition) is 12. The van der Waals surface area contributed by atoms with E-state index >= 15 is 0 Å². The number of hydrazone groups is 2. The van der Waals surface area contributed by atoms with E-state index < -0.39 is 17.2 Å². The van der Waals surface area contributed by atoms with Gasteiger partial charge in [0.15, 0.2) is 0 Å². The number of halogens is 4. The zero-order valence-corrected chi connectivity index (χ0v) is 39.1. The van der Waals surface area contributed by atoms with Crippen molar-refractivity contribution in [2.24, 2.45) is 39.1 Å². The lowest BCUT2D eigenvalue weighted by Gasteiger charge is -2.17. The van der Waals surface area contributed by atoms with Crippen molar-refractivity contribution in [3.63, 3.8) is 0 Å². The van der Waals surface area contributed by atoms with Gasteiger partial charge in [-0.05, 0) is 114 Å². The fourth-order valence-corrected chi connectivity index (χ4v) is 6.48. The van der Waals surface area contributed by atoms with Gasteiger partial charge >= 0.3 is 0 Å². The van der Waals surface area contributed by atoms with Crippen LogP contribution in [0.5, 0.6) is 5.75 Å². The molecule has 0 aromatic heterocycles. The van der Waals surface area contributed by atoms with Crippen LogP contribution < -0.4 is 44.5 Å². The van der Waals surface area contributed by atoms with Gasteiger partial charge < -0.3 is 27.3 Å². The van der Waals surface area contributed by atoms with Gasteiger partial charge in [-0.25, -0.2) is 22.3 Å². The fourth-order valence-electron chi connectivity index (χ4n) is 6.06. The van der Waals surface area contributed by atoms with E-state index in [2.05, 4.69) is 39.8 Å². The zero-order chi connectivity index (χ0) is 47.2. The molecule has 0 aliphatic carbocycles. The lowest BCUT2D eigenvalue weighted by molar-refractivity contribution is -0.119. The summed E-state index contributed by atoms with van der Waals surface area (Å²) in [6, 6.07) is 38.2. The van der Waals surface area contributed by atoms with Gasteiger partial charge in [-0.15, -0.1) is 22.6 Å². The Morgan fingerprint density at radius 1 is 0.692 bits per heavy atom. The first-order valence-electron chi connectivity index (χ1n) is 19.7. The minimum Gasteiger partial charge on any atom is -0.497 e. The second-order valence-corrected chi connectivity index (χ2v) is 15.6. The van der Waals surface area contributed by atoms with Gasteiger partial charge in [-0.2, -0.15) is 0 Å². The predicted octanol–water partition coefficient (Wildman–Crippen LogP) is 6.44. The van der Waals surface area contributed by atoms with Gasteiger partial charge in [0.2, 0.25) is 11.7 Å². The summed E-state index contributed by atoms with van der Waals surface area (Å²) in [5.74, 6) is 10.2. The number of nitrogens with two attached hydrogens (primary N) is 5. The summed E-state index contributed by atoms with van der Waals surface area (Å²) in [5, 5.41) is 11.4. The largest absolute Gasteiger partial charge is 0.497 e. The number of amides is 1. The minimum atomic E-state index is -0.838. The monoisotopic (exact) mass is 966 g/mol. The van der Waals surface area contributed by atoms with Gasteiger partial charge in [0.25, 0.3) is 11.1 Å². The number of benzene rings is 5. The first-order valence-corrected chi connectivity index (χ1v) is 20.8. The summed E-state index contributed by atoms with van der Waals surface area (Å²) < 4.78 is 5.02. The maximum atomic E-state index is 12.0. The number of Topliss-reactive ketones (excluding diaryl/α,β-unsaturated/α-hetero) is 2. The number of amidine groups is 2. The molecule has 5 aromatic carbocycles. The molecule has 346 valence electrons. The van der Waals surface area contributed by atoms with Crippen LogP contribution >= 0.6 is 47.2 Å². The number of hydrogen-bond donors (Lipinski definition) is 7. The first-order chi connectivity index (χ1) is 30.5. The molecule has 0 saturated carbocycles. The molecular weight excluding hydrogens is 914 g/mol. The average Bonchev–Trinajstić information content (AvgIpc) is 3.24. The number of methoxy groups -OCH3 is 1. The number of carbonyl (C=O) groups is 4. The Kier molecular flexibility index (Phi) is 24.3. The maximum absolute atomic E-state index is 12.0. The second kappa shape index (κ2) is 28.7. The molecule has 5 rings (SSSR count). The summed E-state index contributed by atoms with van der Waals surface area (Å²) >= 11 is 17.2. The Morgan fingerprint density at radius 3 is 1.60 bits per heavy atom. The summed E-state index contributed by atoms with van der Waals surface area (Å²) in [5.41, 5.74) is 25.9. The third-order valence-corrected chi connectivity index (χ3v) is 9.65. The van der Waals surface area contributed by atoms with E-state index in [4.69, 9.17) is 68.4 Å². The molecule has 65 heavy (non-hydrogen) atoms. The summed E-state index contributed by atoms with van der Waals surface area (Å²) in [6.45, 7) is 3.34. The normalized spacial score (nSPS) is 11.8. The molecule has 0 fully saturated rings. The minimum absolute atomic E-state index is 0. The number of ether oxygens (including phenoxy) is 1. The zero-order valence-electron chi connectivity index (χ0n) is 36.0. The van der Waals surface area contributed by atoms with Gasteiger partial charge in [-0.1, -0.05) is 108 Å². The van der Waals surface area contributed by atoms with Crippen molar-refractivity contribution in [3.05, 3.63) is 148 Å². The van der Waals surface area contributed by atoms with Crippen molar-refractivity contribution < 1.29 is 23.9 Å². The van der Waals surface area contributed by atoms with Gasteiger partial charge in [-0.3, -0.25) is 19.2 Å². The summed E-state index contributed by atoms with van der Waals surface area (Å²) in [4.78, 5) is 45.2. The molecule has 0 aliphatic heterocycles. The van der Waals surface area contributed by atoms with E-state index in [-0.39, 0.29) is 48.1 Å². The van der Waals surface area contributed by atoms with Crippen molar-refractivity contribution in [3.8, 4) is 28.0 Å². The molecule has 0 spiro atoms. The SMILES string of the molecule is CC(=O)C[C@@H](Cc1ccc(-c2cccc(Cl)c2)cc1)NC(=O)/C(N)=N/NN.CC(=O)C[C@H](N)Cc1ccc(-c2cccc(Cl)c2)cc1.COc1ccc(CN(N)/N=C(\N)C(=O)Cl)cc1.Cl. The molecule has 0 bridgehead atoms. The van der Waals surface area contributed by atoms with Crippen LogP contribution in [0.25, 0.3) is 22.3 Å². The number of nitrogens with one attached hydrogen (secondary N) is 2. The van der Waals surface area contributed by atoms with E-state index in [1.165, 1.54) is 6.92 Å². The number of rotatable bonds is 17. The molecular formula is C46H54Cl4N10O5. The van der Waals surface area contributed by atoms with Crippen molar-refractivity contribution in [1.82, 2.24) is 16.0 Å². The van der Waals surface area contributed by atoms with E-state index in [1.807, 2.05) is 90.5 Å². The Hall–Kier alpha value is -6.04. The number of carbonyl (C=O) groups excluding carboxylic acids is 4. The van der Waals surface area contributed by atoms with Crippen LogP contribution in [0.3, 0.4) is 0 Å². The van der Waals surface area contributed by atoms with E-state index in [0.717, 1.165) is 61.3 Å². The Labute approximate surface area is 400 Å². The highest BCUT2D eigenvalue weighted by Crippen LogP contribution is 2.25. The van der Waals surface area contributed by atoms with Crippen LogP contribution in [-0.4, -0.2) is 58.7 Å². The quantitative estimate of drug-likeness (QED) is 0.0175. The fraction of sp³-hybridized carbons (Fsp3) is 0.217. The molecule has 0 aliphatic rings. The standard InChI is InChI=1S/C19H22ClN5O2.C17H18ClNO.C10H13ClN4O2.ClH/c1-12(26)9-17(23-19(27)18(21)24-25-22)10-13-5-7-14(8-6-13)15-3-2-4-16(20)11-15;1-12(20)9-17(19)10-13-5-7-14(8-6-13)15-3-2-4-16(18)11-15;1-17-8-4-2-7(3-5-8)6-15(13)14-10(12)9(11)16;/h2-8,11,17,25H,9-10,22H2,1H3,(H2,21,24)(H,23,27);2-8,11,17H,9-10,19H2,1H3;2-5H,6,13H2,1H3,(H2,12,14);1H/t2*17-;;/m00../s1. The highest BCUT2D eigenvalue weighted by Gasteiger charge is 2.18. The third kappa shape index (κ3) is 21.0. The number of nitrogens with zero attached hydrogens (tertiary/aromatic N) is 3. The molecule has 0 saturated heterocycles. The van der Waals surface area contributed by atoms with Crippen molar-refractivity contribution in [1.29, 1.82) is 0 Å². The smallest absolute Gasteiger partial charge is 0.289 e. The average molecular weight is 969 g/mol. The Balaban J connectivity index is 0.000000343. The first kappa shape index (κ1) is 55.1. The van der Waals surface area contributed by atoms with Crippen molar-refractivity contribution >= 4 is 81.6 Å². The topological polar surface area (TPSA) is 260 Å². The van der Waals surface area contributed by atoms with Crippen LogP contribution in [0.1, 0.15) is 43.4 Å². The lowest BCUT2D eigenvalue weighted by Crippen LogP contribution is -2.45. The highest BCUT2D eigenvalue weighted by atomic mass is 35.5. The van der Waals surface area contributed by atoms with E-state index in [0.29, 0.717) is 24.4 Å². The molecule has 0 unspecified atom stereocenters. The second-order valence-electron chi connectivity index (χ2n) is 14.4. The molecule has 0 radical (unpaired) electrons. The highest BCUT2D eigenvalue weighted by molar-refractivity contribution is 6.81. The molecule has 2 atom stereocenters. The lowest BCUT2D eigenvalue weighted by atomic mass is 9.98.